The molecule has 192 valence electrons. The molecule has 1 aliphatic heterocycles. The molecule has 0 spiro atoms. The number of aromatic nitrogens is 2. The molecule has 1 saturated heterocycles. The second-order valence-corrected chi connectivity index (χ2v) is 11.5. The molecule has 2 heterocycles. The number of sulfone groups is 1. The molecule has 4 rings (SSSR count). The van der Waals surface area contributed by atoms with Crippen LogP contribution in [0.5, 0.6) is 0 Å². The van der Waals surface area contributed by atoms with Crippen LogP contribution in [0.3, 0.4) is 0 Å². The molecule has 3 aromatic rings. The van der Waals surface area contributed by atoms with Gasteiger partial charge in [-0.3, -0.25) is 10.2 Å². The third-order valence-corrected chi connectivity index (χ3v) is 7.85. The Hall–Kier alpha value is -3.85. The minimum absolute atomic E-state index is 0.0194. The second-order valence-electron chi connectivity index (χ2n) is 8.31. The first kappa shape index (κ1) is 27.2. The van der Waals surface area contributed by atoms with Crippen LogP contribution in [0.2, 0.25) is 10.0 Å². The molecule has 1 aliphatic rings. The summed E-state index contributed by atoms with van der Waals surface area (Å²) in [4.78, 5) is 13.2. The fourth-order valence-corrected chi connectivity index (χ4v) is 5.48. The lowest BCUT2D eigenvalue weighted by molar-refractivity contribution is 0.0796. The molecular weight excluding hydrogens is 547 g/mol. The van der Waals surface area contributed by atoms with Gasteiger partial charge in [0.25, 0.3) is 5.91 Å². The molecule has 12 heteroatoms. The average molecular weight is 567 g/mol. The van der Waals surface area contributed by atoms with E-state index in [0.29, 0.717) is 34.8 Å². The normalized spacial score (nSPS) is 14.5. The monoisotopic (exact) mass is 566 g/mol. The maximum absolute atomic E-state index is 13.2. The summed E-state index contributed by atoms with van der Waals surface area (Å²) in [6.45, 7) is 0.257. The number of carbonyl (C=O) groups is 1. The molecule has 0 bridgehead atoms. The van der Waals surface area contributed by atoms with Crippen LogP contribution >= 0.6 is 23.2 Å². The molecule has 0 atom stereocenters. The maximum Gasteiger partial charge on any atom is 0.287 e. The largest absolute Gasteiger partial charge is 0.287 e. The number of hydrogen-bond donors (Lipinski definition) is 1. The molecule has 1 N–H and O–H groups in total. The van der Waals surface area contributed by atoms with Gasteiger partial charge in [-0.05, 0) is 30.3 Å². The Kier molecular flexibility index (Phi) is 8.36. The summed E-state index contributed by atoms with van der Waals surface area (Å²) in [6.07, 6.45) is 0.801. The lowest BCUT2D eigenvalue weighted by atomic mass is 10.0. The van der Waals surface area contributed by atoms with Crippen LogP contribution in [0, 0.1) is 34.5 Å². The summed E-state index contributed by atoms with van der Waals surface area (Å²) in [5.74, 6) is 5.11. The molecule has 0 saturated carbocycles. The van der Waals surface area contributed by atoms with Crippen molar-refractivity contribution in [3.05, 3.63) is 69.3 Å². The molecule has 1 aromatic heterocycles. The van der Waals surface area contributed by atoms with Gasteiger partial charge in [-0.1, -0.05) is 47.2 Å². The fraction of sp³-hybridized carbons (Fsp3) is 0.231. The predicted octanol–water partition coefficient (Wildman–Crippen LogP) is 3.75. The van der Waals surface area contributed by atoms with Crippen molar-refractivity contribution in [1.29, 1.82) is 10.5 Å². The highest BCUT2D eigenvalue weighted by Gasteiger charge is 2.29. The van der Waals surface area contributed by atoms with Crippen LogP contribution in [0.4, 0.5) is 0 Å². The zero-order valence-corrected chi connectivity index (χ0v) is 22.2. The zero-order valence-electron chi connectivity index (χ0n) is 19.9. The van der Waals surface area contributed by atoms with Gasteiger partial charge in [0.15, 0.2) is 15.5 Å². The molecule has 0 unspecified atom stereocenters. The smallest absolute Gasteiger partial charge is 0.283 e. The van der Waals surface area contributed by atoms with Crippen molar-refractivity contribution in [3.8, 4) is 40.9 Å². The number of carbonyl (C=O) groups excluding carboxylic acids is 1. The SMILES string of the molecule is N#CCCC#Cc1ccc(-c2c(C#N)c(C(=O)NN3CCS(=O)(=O)CC3)nn2-c2ccc(Cl)cc2Cl)cc1. The molecule has 9 nitrogen and oxygen atoms in total. The van der Waals surface area contributed by atoms with E-state index in [1.807, 2.05) is 6.07 Å². The standard InChI is InChI=1S/C26H20Cl2N6O3S/c27-20-9-10-23(22(28)16-20)34-25(19-7-5-18(6-8-19)4-2-1-3-11-29)21(17-30)24(31-34)26(35)32-33-12-14-38(36,37)15-13-33/h5-10,16H,1,3,12-15H2,(H,32,35). The lowest BCUT2D eigenvalue weighted by Crippen LogP contribution is -2.50. The Bertz CT molecular complexity index is 1630. The summed E-state index contributed by atoms with van der Waals surface area (Å²) >= 11 is 12.5. The molecule has 0 aliphatic carbocycles. The third kappa shape index (κ3) is 6.16. The first-order valence-electron chi connectivity index (χ1n) is 11.4. The predicted molar refractivity (Wildman–Crippen MR) is 143 cm³/mol. The van der Waals surface area contributed by atoms with Crippen LogP contribution in [0.15, 0.2) is 42.5 Å². The zero-order chi connectivity index (χ0) is 27.3. The first-order valence-corrected chi connectivity index (χ1v) is 14.0. The summed E-state index contributed by atoms with van der Waals surface area (Å²) in [7, 11) is -3.14. The minimum Gasteiger partial charge on any atom is -0.283 e. The van der Waals surface area contributed by atoms with E-state index < -0.39 is 15.7 Å². The van der Waals surface area contributed by atoms with Gasteiger partial charge in [-0.25, -0.2) is 18.1 Å². The Labute approximate surface area is 230 Å². The Morgan fingerprint density at radius 3 is 2.39 bits per heavy atom. The number of rotatable bonds is 5. The highest BCUT2D eigenvalue weighted by Crippen LogP contribution is 2.33. The van der Waals surface area contributed by atoms with Gasteiger partial charge in [-0.2, -0.15) is 15.6 Å². The van der Waals surface area contributed by atoms with E-state index in [1.165, 1.54) is 15.8 Å². The number of halogens is 2. The van der Waals surface area contributed by atoms with Gasteiger partial charge in [0.2, 0.25) is 0 Å². The van der Waals surface area contributed by atoms with Crippen LogP contribution < -0.4 is 5.43 Å². The van der Waals surface area contributed by atoms with Crippen LogP contribution in [-0.4, -0.2) is 53.7 Å². The number of hydrogen-bond acceptors (Lipinski definition) is 7. The number of nitrogens with zero attached hydrogens (tertiary/aromatic N) is 5. The maximum atomic E-state index is 13.2. The van der Waals surface area contributed by atoms with Crippen molar-refractivity contribution in [3.63, 3.8) is 0 Å². The van der Waals surface area contributed by atoms with Gasteiger partial charge in [0, 0.05) is 42.1 Å². The summed E-state index contributed by atoms with van der Waals surface area (Å²) < 4.78 is 24.9. The van der Waals surface area contributed by atoms with Crippen molar-refractivity contribution in [2.24, 2.45) is 0 Å². The summed E-state index contributed by atoms with van der Waals surface area (Å²) in [5, 5.41) is 25.4. The van der Waals surface area contributed by atoms with Gasteiger partial charge in [0.1, 0.15) is 11.6 Å². The molecule has 0 radical (unpaired) electrons. The highest BCUT2D eigenvalue weighted by molar-refractivity contribution is 7.91. The highest BCUT2D eigenvalue weighted by atomic mass is 35.5. The third-order valence-electron chi connectivity index (χ3n) is 5.71. The minimum atomic E-state index is -3.14. The molecular formula is C26H20Cl2N6O3S. The van der Waals surface area contributed by atoms with Crippen LogP contribution in [-0.2, 0) is 9.84 Å². The Balaban J connectivity index is 1.76. The summed E-state index contributed by atoms with van der Waals surface area (Å²) in [5.41, 5.74) is 4.61. The topological polar surface area (TPSA) is 132 Å². The lowest BCUT2D eigenvalue weighted by Gasteiger charge is -2.26. The van der Waals surface area contributed by atoms with Crippen molar-refractivity contribution < 1.29 is 13.2 Å². The van der Waals surface area contributed by atoms with Gasteiger partial charge in [0.05, 0.1) is 34.0 Å². The van der Waals surface area contributed by atoms with Crippen LogP contribution in [0.25, 0.3) is 16.9 Å². The van der Waals surface area contributed by atoms with E-state index in [1.54, 1.807) is 36.4 Å². The average Bonchev–Trinajstić information content (AvgIpc) is 3.28. The number of hydrazine groups is 1. The first-order chi connectivity index (χ1) is 18.2. The quantitative estimate of drug-likeness (QED) is 0.367. The van der Waals surface area contributed by atoms with E-state index >= 15 is 0 Å². The van der Waals surface area contributed by atoms with E-state index in [4.69, 9.17) is 28.5 Å². The fourth-order valence-electron chi connectivity index (χ4n) is 3.79. The van der Waals surface area contributed by atoms with Crippen LogP contribution in [0.1, 0.15) is 34.5 Å². The number of amides is 1. The molecule has 38 heavy (non-hydrogen) atoms. The summed E-state index contributed by atoms with van der Waals surface area (Å²) in [6, 6.07) is 16.0. The second kappa shape index (κ2) is 11.7. The molecule has 1 amide bonds. The van der Waals surface area contributed by atoms with E-state index in [-0.39, 0.29) is 40.9 Å². The number of benzene rings is 2. The Morgan fingerprint density at radius 2 is 1.76 bits per heavy atom. The van der Waals surface area contributed by atoms with E-state index in [9.17, 15) is 18.5 Å². The van der Waals surface area contributed by atoms with E-state index in [0.717, 1.165) is 5.56 Å². The molecule has 2 aromatic carbocycles. The van der Waals surface area contributed by atoms with Gasteiger partial charge >= 0.3 is 0 Å². The number of unbranched alkanes of at least 4 members (excludes halogenated alkanes) is 1. The number of nitriles is 2. The number of nitrogens with one attached hydrogen (secondary N) is 1. The van der Waals surface area contributed by atoms with Crippen molar-refractivity contribution in [2.45, 2.75) is 12.8 Å². The molecule has 1 fully saturated rings. The van der Waals surface area contributed by atoms with E-state index in [2.05, 4.69) is 28.4 Å². The van der Waals surface area contributed by atoms with Crippen molar-refractivity contribution >= 4 is 38.9 Å². The van der Waals surface area contributed by atoms with Gasteiger partial charge in [-0.15, -0.1) is 0 Å². The Morgan fingerprint density at radius 1 is 1.05 bits per heavy atom. The van der Waals surface area contributed by atoms with Gasteiger partial charge < -0.3 is 0 Å². The van der Waals surface area contributed by atoms with Crippen molar-refractivity contribution in [1.82, 2.24) is 20.2 Å². The van der Waals surface area contributed by atoms with Crippen molar-refractivity contribution in [2.75, 3.05) is 24.6 Å².